The highest BCUT2D eigenvalue weighted by molar-refractivity contribution is 7.92. The SMILES string of the molecule is O=C(c1ccccn1)[C@]12Cc3cnn(-c4ccc(F)cc4)c3C=C1CC[C@H](S(=O)(=O)c1cccnc1)C2. The molecule has 7 nitrogen and oxygen atoms in total. The van der Waals surface area contributed by atoms with Crippen LogP contribution in [0.4, 0.5) is 4.39 Å². The number of aromatic nitrogens is 4. The van der Waals surface area contributed by atoms with E-state index in [2.05, 4.69) is 15.1 Å². The van der Waals surface area contributed by atoms with Gasteiger partial charge in [-0.15, -0.1) is 0 Å². The van der Waals surface area contributed by atoms with Crippen molar-refractivity contribution in [2.45, 2.75) is 35.8 Å². The first-order chi connectivity index (χ1) is 17.9. The second kappa shape index (κ2) is 8.85. The summed E-state index contributed by atoms with van der Waals surface area (Å²) >= 11 is 0. The first kappa shape index (κ1) is 23.4. The van der Waals surface area contributed by atoms with Crippen LogP contribution in [0.2, 0.25) is 0 Å². The summed E-state index contributed by atoms with van der Waals surface area (Å²) in [5.74, 6) is -0.526. The molecule has 4 aromatic rings. The molecule has 1 aromatic carbocycles. The third-order valence-electron chi connectivity index (χ3n) is 7.42. The Morgan fingerprint density at radius 3 is 2.59 bits per heavy atom. The molecule has 1 fully saturated rings. The van der Waals surface area contributed by atoms with Gasteiger partial charge in [0.15, 0.2) is 15.6 Å². The van der Waals surface area contributed by atoms with Crippen molar-refractivity contribution in [2.24, 2.45) is 5.41 Å². The molecule has 0 saturated heterocycles. The molecule has 2 aliphatic rings. The molecule has 9 heteroatoms. The number of hydrogen-bond donors (Lipinski definition) is 0. The fraction of sp³-hybridized carbons (Fsp3) is 0.214. The highest BCUT2D eigenvalue weighted by atomic mass is 32.2. The predicted molar refractivity (Wildman–Crippen MR) is 135 cm³/mol. The van der Waals surface area contributed by atoms with Gasteiger partial charge in [-0.25, -0.2) is 17.5 Å². The summed E-state index contributed by atoms with van der Waals surface area (Å²) < 4.78 is 42.4. The molecule has 1 saturated carbocycles. The number of nitrogens with zero attached hydrogens (tertiary/aromatic N) is 4. The summed E-state index contributed by atoms with van der Waals surface area (Å²) in [6.07, 6.45) is 9.42. The number of benzene rings is 1. The van der Waals surface area contributed by atoms with E-state index >= 15 is 0 Å². The maximum absolute atomic E-state index is 14.1. The van der Waals surface area contributed by atoms with Crippen LogP contribution in [0.1, 0.15) is 41.0 Å². The number of allylic oxidation sites excluding steroid dienone is 1. The maximum Gasteiger partial charge on any atom is 0.191 e. The van der Waals surface area contributed by atoms with Crippen molar-refractivity contribution in [2.75, 3.05) is 0 Å². The van der Waals surface area contributed by atoms with Crippen molar-refractivity contribution in [3.05, 3.63) is 108 Å². The molecule has 0 aliphatic heterocycles. The van der Waals surface area contributed by atoms with Crippen molar-refractivity contribution in [1.29, 1.82) is 0 Å². The van der Waals surface area contributed by atoms with Crippen molar-refractivity contribution in [1.82, 2.24) is 19.7 Å². The molecule has 0 unspecified atom stereocenters. The van der Waals surface area contributed by atoms with E-state index in [1.54, 1.807) is 59.5 Å². The molecule has 0 amide bonds. The monoisotopic (exact) mass is 514 g/mol. The lowest BCUT2D eigenvalue weighted by Crippen LogP contribution is -2.45. The van der Waals surface area contributed by atoms with Crippen LogP contribution < -0.4 is 0 Å². The summed E-state index contributed by atoms with van der Waals surface area (Å²) in [6.45, 7) is 0. The van der Waals surface area contributed by atoms with Crippen molar-refractivity contribution < 1.29 is 17.6 Å². The van der Waals surface area contributed by atoms with Gasteiger partial charge in [0.2, 0.25) is 0 Å². The average Bonchev–Trinajstić information content (AvgIpc) is 3.34. The van der Waals surface area contributed by atoms with E-state index in [0.717, 1.165) is 16.8 Å². The van der Waals surface area contributed by atoms with Gasteiger partial charge in [-0.1, -0.05) is 11.6 Å². The Kier molecular flexibility index (Phi) is 5.60. The first-order valence-electron chi connectivity index (χ1n) is 12.0. The van der Waals surface area contributed by atoms with Crippen LogP contribution in [0.15, 0.2) is 89.9 Å². The lowest BCUT2D eigenvalue weighted by molar-refractivity contribution is 0.0796. The molecule has 3 aromatic heterocycles. The molecule has 2 aliphatic carbocycles. The highest BCUT2D eigenvalue weighted by Crippen LogP contribution is 2.51. The summed E-state index contributed by atoms with van der Waals surface area (Å²) in [6, 6.07) is 14.4. The van der Waals surface area contributed by atoms with E-state index < -0.39 is 20.5 Å². The van der Waals surface area contributed by atoms with Crippen LogP contribution in [-0.4, -0.2) is 39.2 Å². The number of halogens is 1. The molecule has 3 heterocycles. The van der Waals surface area contributed by atoms with E-state index in [4.69, 9.17) is 0 Å². The molecule has 186 valence electrons. The minimum Gasteiger partial charge on any atom is -0.291 e. The number of ketones is 1. The zero-order valence-electron chi connectivity index (χ0n) is 19.8. The summed E-state index contributed by atoms with van der Waals surface area (Å²) in [5.41, 5.74) is 2.47. The average molecular weight is 515 g/mol. The van der Waals surface area contributed by atoms with Crippen molar-refractivity contribution >= 4 is 21.7 Å². The smallest absolute Gasteiger partial charge is 0.191 e. The first-order valence-corrected chi connectivity index (χ1v) is 13.6. The van der Waals surface area contributed by atoms with Crippen LogP contribution in [0, 0.1) is 11.2 Å². The Morgan fingerprint density at radius 2 is 1.86 bits per heavy atom. The van der Waals surface area contributed by atoms with Gasteiger partial charge in [0.05, 0.1) is 33.1 Å². The zero-order chi connectivity index (χ0) is 25.6. The molecular formula is C28H23FN4O3S. The van der Waals surface area contributed by atoms with Gasteiger partial charge >= 0.3 is 0 Å². The molecule has 6 rings (SSSR count). The van der Waals surface area contributed by atoms with Gasteiger partial charge in [-0.3, -0.25) is 14.8 Å². The van der Waals surface area contributed by atoms with Crippen LogP contribution in [0.25, 0.3) is 11.8 Å². The number of pyridine rings is 2. The van der Waals surface area contributed by atoms with Gasteiger partial charge in [0, 0.05) is 18.6 Å². The van der Waals surface area contributed by atoms with Gasteiger partial charge in [0.1, 0.15) is 11.5 Å². The maximum atomic E-state index is 14.1. The molecule has 0 bridgehead atoms. The second-order valence-corrected chi connectivity index (χ2v) is 11.7. The number of sulfone groups is 1. The predicted octanol–water partition coefficient (Wildman–Crippen LogP) is 4.64. The van der Waals surface area contributed by atoms with Crippen molar-refractivity contribution in [3.63, 3.8) is 0 Å². The minimum atomic E-state index is -3.70. The molecule has 0 spiro atoms. The van der Waals surface area contributed by atoms with Gasteiger partial charge in [0.25, 0.3) is 0 Å². The summed E-state index contributed by atoms with van der Waals surface area (Å²) in [7, 11) is -3.70. The minimum absolute atomic E-state index is 0.145. The fourth-order valence-corrected chi connectivity index (χ4v) is 7.36. The Bertz CT molecular complexity index is 1620. The Balaban J connectivity index is 1.46. The summed E-state index contributed by atoms with van der Waals surface area (Å²) in [4.78, 5) is 22.6. The molecular weight excluding hydrogens is 491 g/mol. The highest BCUT2D eigenvalue weighted by Gasteiger charge is 2.52. The van der Waals surface area contributed by atoms with E-state index in [1.165, 1.54) is 24.5 Å². The van der Waals surface area contributed by atoms with E-state index in [1.807, 2.05) is 6.08 Å². The third kappa shape index (κ3) is 3.90. The molecule has 2 atom stereocenters. The normalized spacial score (nSPS) is 21.0. The third-order valence-corrected chi connectivity index (χ3v) is 9.60. The molecule has 0 N–H and O–H groups in total. The Morgan fingerprint density at radius 1 is 1.03 bits per heavy atom. The van der Waals surface area contributed by atoms with E-state index in [-0.39, 0.29) is 22.9 Å². The van der Waals surface area contributed by atoms with Gasteiger partial charge in [-0.2, -0.15) is 5.10 Å². The van der Waals surface area contributed by atoms with Crippen LogP contribution >= 0.6 is 0 Å². The van der Waals surface area contributed by atoms with E-state index in [9.17, 15) is 17.6 Å². The quantitative estimate of drug-likeness (QED) is 0.360. The number of carbonyl (C=O) groups is 1. The molecule has 0 radical (unpaired) electrons. The number of Topliss-reactive ketones (excluding diaryl/α,β-unsaturated/α-hetero) is 1. The number of carbonyl (C=O) groups excluding carboxylic acids is 1. The number of fused-ring (bicyclic) bond motifs is 2. The lowest BCUT2D eigenvalue weighted by atomic mass is 9.61. The standard InChI is InChI=1S/C28H23FN4O3S/c29-21-7-9-22(10-8-21)33-26-14-20-6-11-23(37(35,36)24-4-3-12-30-18-24)16-28(20,15-19(26)17-32-33)27(34)25-5-1-2-13-31-25/h1-5,7-10,12-14,17-18,23H,6,11,15-16H2/t23-,28-/m0/s1. The zero-order valence-corrected chi connectivity index (χ0v) is 20.6. The second-order valence-electron chi connectivity index (χ2n) is 9.51. The largest absolute Gasteiger partial charge is 0.291 e. The van der Waals surface area contributed by atoms with Crippen LogP contribution in [-0.2, 0) is 16.3 Å². The van der Waals surface area contributed by atoms with Gasteiger partial charge < -0.3 is 0 Å². The Labute approximate surface area is 213 Å². The lowest BCUT2D eigenvalue weighted by Gasteiger charge is -2.43. The van der Waals surface area contributed by atoms with Gasteiger partial charge in [-0.05, 0) is 85.9 Å². The van der Waals surface area contributed by atoms with Crippen LogP contribution in [0.5, 0.6) is 0 Å². The van der Waals surface area contributed by atoms with Crippen molar-refractivity contribution in [3.8, 4) is 5.69 Å². The van der Waals surface area contributed by atoms with Crippen LogP contribution in [0.3, 0.4) is 0 Å². The fourth-order valence-electron chi connectivity index (χ4n) is 5.57. The van der Waals surface area contributed by atoms with E-state index in [0.29, 0.717) is 30.6 Å². The number of rotatable bonds is 5. The Hall–Kier alpha value is -3.98. The summed E-state index contributed by atoms with van der Waals surface area (Å²) in [5, 5.41) is 3.79. The molecule has 37 heavy (non-hydrogen) atoms. The topological polar surface area (TPSA) is 94.8 Å². The number of hydrogen-bond acceptors (Lipinski definition) is 6.